The lowest BCUT2D eigenvalue weighted by molar-refractivity contribution is -0.116. The van der Waals surface area contributed by atoms with Gasteiger partial charge in [-0.2, -0.15) is 0 Å². The SMILES string of the molecule is C=CC(=O)NCc1cc(C(C)=O)c(O)cc1C. The molecule has 0 aliphatic carbocycles. The van der Waals surface area contributed by atoms with Crippen LogP contribution < -0.4 is 5.32 Å². The lowest BCUT2D eigenvalue weighted by atomic mass is 10.0. The lowest BCUT2D eigenvalue weighted by Gasteiger charge is -2.10. The largest absolute Gasteiger partial charge is 0.507 e. The Hall–Kier alpha value is -2.10. The van der Waals surface area contributed by atoms with E-state index in [9.17, 15) is 14.7 Å². The summed E-state index contributed by atoms with van der Waals surface area (Å²) in [7, 11) is 0. The minimum atomic E-state index is -0.276. The Kier molecular flexibility index (Phi) is 4.04. The van der Waals surface area contributed by atoms with Crippen molar-refractivity contribution in [2.75, 3.05) is 0 Å². The Morgan fingerprint density at radius 3 is 2.65 bits per heavy atom. The summed E-state index contributed by atoms with van der Waals surface area (Å²) < 4.78 is 0. The summed E-state index contributed by atoms with van der Waals surface area (Å²) in [5, 5.41) is 12.2. The minimum Gasteiger partial charge on any atom is -0.507 e. The van der Waals surface area contributed by atoms with Crippen molar-refractivity contribution in [2.45, 2.75) is 20.4 Å². The molecule has 0 aliphatic heterocycles. The summed E-state index contributed by atoms with van der Waals surface area (Å²) in [5.74, 6) is -0.519. The van der Waals surface area contributed by atoms with Gasteiger partial charge in [0, 0.05) is 6.54 Å². The van der Waals surface area contributed by atoms with E-state index < -0.39 is 0 Å². The van der Waals surface area contributed by atoms with Crippen molar-refractivity contribution in [3.05, 3.63) is 41.5 Å². The fourth-order valence-electron chi connectivity index (χ4n) is 1.46. The maximum absolute atomic E-state index is 11.3. The molecular weight excluding hydrogens is 218 g/mol. The van der Waals surface area contributed by atoms with Gasteiger partial charge in [-0.25, -0.2) is 0 Å². The molecule has 1 amide bonds. The summed E-state index contributed by atoms with van der Waals surface area (Å²) in [6.07, 6.45) is 1.18. The van der Waals surface area contributed by atoms with Crippen LogP contribution in [0.25, 0.3) is 0 Å². The van der Waals surface area contributed by atoms with Gasteiger partial charge in [0.1, 0.15) is 5.75 Å². The first kappa shape index (κ1) is 13.0. The highest BCUT2D eigenvalue weighted by atomic mass is 16.3. The van der Waals surface area contributed by atoms with Gasteiger partial charge in [0.05, 0.1) is 5.56 Å². The molecule has 0 saturated carbocycles. The maximum Gasteiger partial charge on any atom is 0.243 e. The average molecular weight is 233 g/mol. The van der Waals surface area contributed by atoms with Crippen LogP contribution >= 0.6 is 0 Å². The fraction of sp³-hybridized carbons (Fsp3) is 0.231. The highest BCUT2D eigenvalue weighted by molar-refractivity contribution is 5.97. The number of aryl methyl sites for hydroxylation is 1. The number of Topliss-reactive ketones (excluding diaryl/α,β-unsaturated/α-hetero) is 1. The number of phenols is 1. The Bertz CT molecular complexity index is 478. The van der Waals surface area contributed by atoms with Crippen LogP contribution in [0.5, 0.6) is 5.75 Å². The summed E-state index contributed by atoms with van der Waals surface area (Å²) in [6, 6.07) is 3.11. The molecule has 17 heavy (non-hydrogen) atoms. The molecule has 0 fully saturated rings. The minimum absolute atomic E-state index is 0.0335. The maximum atomic E-state index is 11.3. The molecule has 0 aromatic heterocycles. The number of hydrogen-bond acceptors (Lipinski definition) is 3. The third-order valence-corrected chi connectivity index (χ3v) is 2.47. The monoisotopic (exact) mass is 233 g/mol. The van der Waals surface area contributed by atoms with Crippen LogP contribution in [0.3, 0.4) is 0 Å². The Morgan fingerprint density at radius 1 is 1.47 bits per heavy atom. The van der Waals surface area contributed by atoms with Crippen molar-refractivity contribution in [3.63, 3.8) is 0 Å². The number of nitrogens with one attached hydrogen (secondary N) is 1. The third kappa shape index (κ3) is 3.17. The van der Waals surface area contributed by atoms with Crippen LogP contribution in [0.1, 0.15) is 28.4 Å². The van der Waals surface area contributed by atoms with E-state index in [0.29, 0.717) is 6.54 Å². The molecule has 1 rings (SSSR count). The number of benzene rings is 1. The molecular formula is C13H15NO3. The van der Waals surface area contributed by atoms with E-state index >= 15 is 0 Å². The van der Waals surface area contributed by atoms with Crippen LogP contribution in [0, 0.1) is 6.92 Å². The van der Waals surface area contributed by atoms with E-state index in [1.807, 2.05) is 0 Å². The zero-order valence-electron chi connectivity index (χ0n) is 9.91. The van der Waals surface area contributed by atoms with Crippen LogP contribution in [0.15, 0.2) is 24.8 Å². The molecule has 4 heteroatoms. The molecule has 0 unspecified atom stereocenters. The number of rotatable bonds is 4. The number of carbonyl (C=O) groups is 2. The molecule has 0 saturated heterocycles. The predicted molar refractivity (Wildman–Crippen MR) is 64.9 cm³/mol. The van der Waals surface area contributed by atoms with E-state index in [2.05, 4.69) is 11.9 Å². The number of hydrogen-bond donors (Lipinski definition) is 2. The second-order valence-electron chi connectivity index (χ2n) is 3.77. The molecule has 2 N–H and O–H groups in total. The molecule has 0 spiro atoms. The van der Waals surface area contributed by atoms with E-state index in [4.69, 9.17) is 0 Å². The Morgan fingerprint density at radius 2 is 2.12 bits per heavy atom. The van der Waals surface area contributed by atoms with Gasteiger partial charge in [-0.05, 0) is 43.2 Å². The van der Waals surface area contributed by atoms with Crippen molar-refractivity contribution >= 4 is 11.7 Å². The van der Waals surface area contributed by atoms with Crippen molar-refractivity contribution in [2.24, 2.45) is 0 Å². The topological polar surface area (TPSA) is 66.4 Å². The van der Waals surface area contributed by atoms with Crippen LogP contribution in [0.2, 0.25) is 0 Å². The highest BCUT2D eigenvalue weighted by Gasteiger charge is 2.10. The second kappa shape index (κ2) is 5.30. The van der Waals surface area contributed by atoms with Crippen molar-refractivity contribution in [3.8, 4) is 5.75 Å². The normalized spacial score (nSPS) is 9.76. The molecule has 90 valence electrons. The number of aromatic hydroxyl groups is 1. The molecule has 1 aromatic rings. The van der Waals surface area contributed by atoms with E-state index in [1.54, 1.807) is 13.0 Å². The summed E-state index contributed by atoms with van der Waals surface area (Å²) in [5.41, 5.74) is 1.87. The molecule has 1 aromatic carbocycles. The number of amides is 1. The van der Waals surface area contributed by atoms with Gasteiger partial charge < -0.3 is 10.4 Å². The van der Waals surface area contributed by atoms with E-state index in [1.165, 1.54) is 19.1 Å². The zero-order chi connectivity index (χ0) is 13.0. The first-order chi connectivity index (χ1) is 7.95. The molecule has 0 radical (unpaired) electrons. The third-order valence-electron chi connectivity index (χ3n) is 2.47. The Labute approximate surface area is 100.0 Å². The van der Waals surface area contributed by atoms with Crippen LogP contribution in [-0.2, 0) is 11.3 Å². The molecule has 0 bridgehead atoms. The standard InChI is InChI=1S/C13H15NO3/c1-4-13(17)14-7-10-6-11(9(3)15)12(16)5-8(10)2/h4-6,16H,1,7H2,2-3H3,(H,14,17). The van der Waals surface area contributed by atoms with Gasteiger partial charge in [0.25, 0.3) is 0 Å². The van der Waals surface area contributed by atoms with Crippen molar-refractivity contribution in [1.82, 2.24) is 5.32 Å². The quantitative estimate of drug-likeness (QED) is 0.614. The van der Waals surface area contributed by atoms with Crippen LogP contribution in [-0.4, -0.2) is 16.8 Å². The van der Waals surface area contributed by atoms with Gasteiger partial charge in [-0.1, -0.05) is 6.58 Å². The highest BCUT2D eigenvalue weighted by Crippen LogP contribution is 2.22. The first-order valence-corrected chi connectivity index (χ1v) is 5.19. The number of ketones is 1. The van der Waals surface area contributed by atoms with Gasteiger partial charge in [0.2, 0.25) is 5.91 Å². The number of phenolic OH excluding ortho intramolecular Hbond substituents is 1. The zero-order valence-corrected chi connectivity index (χ0v) is 9.91. The summed E-state index contributed by atoms with van der Waals surface area (Å²) >= 11 is 0. The fourth-order valence-corrected chi connectivity index (χ4v) is 1.46. The van der Waals surface area contributed by atoms with Gasteiger partial charge in [-0.3, -0.25) is 9.59 Å². The molecule has 0 atom stereocenters. The average Bonchev–Trinajstić information content (AvgIpc) is 2.26. The van der Waals surface area contributed by atoms with Gasteiger partial charge >= 0.3 is 0 Å². The van der Waals surface area contributed by atoms with Crippen molar-refractivity contribution < 1.29 is 14.7 Å². The molecule has 4 nitrogen and oxygen atoms in total. The lowest BCUT2D eigenvalue weighted by Crippen LogP contribution is -2.20. The summed E-state index contributed by atoms with van der Waals surface area (Å²) in [6.45, 7) is 6.84. The smallest absolute Gasteiger partial charge is 0.243 e. The van der Waals surface area contributed by atoms with Crippen LogP contribution in [0.4, 0.5) is 0 Å². The molecule has 0 heterocycles. The van der Waals surface area contributed by atoms with E-state index in [0.717, 1.165) is 11.1 Å². The number of carbonyl (C=O) groups excluding carboxylic acids is 2. The first-order valence-electron chi connectivity index (χ1n) is 5.19. The summed E-state index contributed by atoms with van der Waals surface area (Å²) in [4.78, 5) is 22.3. The molecule has 0 aliphatic rings. The van der Waals surface area contributed by atoms with Crippen molar-refractivity contribution in [1.29, 1.82) is 0 Å². The van der Waals surface area contributed by atoms with E-state index in [-0.39, 0.29) is 23.0 Å². The second-order valence-corrected chi connectivity index (χ2v) is 3.77. The predicted octanol–water partition coefficient (Wildman–Crippen LogP) is 1.71. The Balaban J connectivity index is 2.99. The van der Waals surface area contributed by atoms with Gasteiger partial charge in [-0.15, -0.1) is 0 Å². The van der Waals surface area contributed by atoms with Gasteiger partial charge in [0.15, 0.2) is 5.78 Å².